The van der Waals surface area contributed by atoms with E-state index in [1.165, 1.54) is 0 Å². The fourth-order valence-corrected chi connectivity index (χ4v) is 2.37. The first-order valence-electron chi connectivity index (χ1n) is 5.85. The van der Waals surface area contributed by atoms with Crippen LogP contribution in [0.1, 0.15) is 11.6 Å². The van der Waals surface area contributed by atoms with Gasteiger partial charge in [0.15, 0.2) is 6.04 Å². The van der Waals surface area contributed by atoms with Gasteiger partial charge in [-0.25, -0.2) is 4.79 Å². The monoisotopic (exact) mass is 397 g/mol. The van der Waals surface area contributed by atoms with E-state index in [1.807, 2.05) is 0 Å². The molecule has 0 aliphatic carbocycles. The maximum Gasteiger partial charge on any atom is 0.471 e. The lowest BCUT2D eigenvalue weighted by Gasteiger charge is -2.30. The molecule has 134 valence electrons. The van der Waals surface area contributed by atoms with Crippen molar-refractivity contribution in [2.75, 3.05) is 6.54 Å². The summed E-state index contributed by atoms with van der Waals surface area (Å²) in [7, 11) is 0. The van der Waals surface area contributed by atoms with Crippen molar-refractivity contribution in [3.8, 4) is 0 Å². The first-order chi connectivity index (χ1) is 10.7. The molecule has 4 nitrogen and oxygen atoms in total. The van der Waals surface area contributed by atoms with E-state index in [9.17, 15) is 35.9 Å². The van der Waals surface area contributed by atoms with Crippen LogP contribution in [0.2, 0.25) is 10.0 Å². The second kappa shape index (κ2) is 7.06. The number of alkyl halides is 6. The lowest BCUT2D eigenvalue weighted by atomic mass is 10.0. The van der Waals surface area contributed by atoms with Gasteiger partial charge in [0.1, 0.15) is 6.54 Å². The smallest absolute Gasteiger partial charge is 0.471 e. The molecule has 1 aromatic rings. The summed E-state index contributed by atoms with van der Waals surface area (Å²) in [4.78, 5) is 21.7. The maximum absolute atomic E-state index is 12.6. The van der Waals surface area contributed by atoms with Crippen molar-refractivity contribution in [3.05, 3.63) is 33.8 Å². The highest BCUT2D eigenvalue weighted by Crippen LogP contribution is 2.33. The fraction of sp³-hybridized carbons (Fsp3) is 0.333. The topological polar surface area (TPSA) is 57.6 Å². The van der Waals surface area contributed by atoms with E-state index in [0.29, 0.717) is 0 Å². The Kier molecular flexibility index (Phi) is 5.99. The third-order valence-electron chi connectivity index (χ3n) is 2.60. The van der Waals surface area contributed by atoms with E-state index >= 15 is 0 Å². The van der Waals surface area contributed by atoms with E-state index in [-0.39, 0.29) is 10.0 Å². The van der Waals surface area contributed by atoms with Gasteiger partial charge in [0.25, 0.3) is 0 Å². The number of amides is 1. The number of carboxylic acids is 1. The summed E-state index contributed by atoms with van der Waals surface area (Å²) in [5, 5.41) is 8.62. The van der Waals surface area contributed by atoms with E-state index < -0.39 is 47.3 Å². The van der Waals surface area contributed by atoms with Crippen molar-refractivity contribution in [1.29, 1.82) is 0 Å². The van der Waals surface area contributed by atoms with Gasteiger partial charge >= 0.3 is 24.2 Å². The lowest BCUT2D eigenvalue weighted by Crippen LogP contribution is -2.49. The average Bonchev–Trinajstić information content (AvgIpc) is 2.32. The molecule has 0 bridgehead atoms. The Morgan fingerprint density at radius 1 is 1.04 bits per heavy atom. The van der Waals surface area contributed by atoms with Gasteiger partial charge in [-0.15, -0.1) is 0 Å². The molecule has 0 radical (unpaired) electrons. The van der Waals surface area contributed by atoms with Crippen molar-refractivity contribution in [2.45, 2.75) is 18.4 Å². The minimum Gasteiger partial charge on any atom is -0.479 e. The van der Waals surface area contributed by atoms with Crippen LogP contribution in [-0.4, -0.2) is 40.8 Å². The zero-order valence-corrected chi connectivity index (χ0v) is 12.8. The number of nitrogens with zero attached hydrogens (tertiary/aromatic N) is 1. The molecule has 24 heavy (non-hydrogen) atoms. The minimum absolute atomic E-state index is 0.227. The summed E-state index contributed by atoms with van der Waals surface area (Å²) in [6.07, 6.45) is -11.0. The highest BCUT2D eigenvalue weighted by atomic mass is 35.5. The van der Waals surface area contributed by atoms with Gasteiger partial charge in [-0.2, -0.15) is 26.3 Å². The van der Waals surface area contributed by atoms with Gasteiger partial charge in [0, 0.05) is 10.0 Å². The average molecular weight is 398 g/mol. The van der Waals surface area contributed by atoms with E-state index in [2.05, 4.69) is 0 Å². The molecule has 0 heterocycles. The molecule has 1 unspecified atom stereocenters. The highest BCUT2D eigenvalue weighted by Gasteiger charge is 2.50. The minimum atomic E-state index is -5.71. The maximum atomic E-state index is 12.6. The van der Waals surface area contributed by atoms with Gasteiger partial charge < -0.3 is 10.0 Å². The molecular formula is C12H7Cl2F6NO3. The summed E-state index contributed by atoms with van der Waals surface area (Å²) >= 11 is 11.2. The van der Waals surface area contributed by atoms with Crippen LogP contribution in [0, 0.1) is 0 Å². The van der Waals surface area contributed by atoms with E-state index in [0.717, 1.165) is 18.2 Å². The molecule has 1 aromatic carbocycles. The van der Waals surface area contributed by atoms with Crippen LogP contribution in [0.3, 0.4) is 0 Å². The molecule has 0 aliphatic heterocycles. The summed E-state index contributed by atoms with van der Waals surface area (Å²) in [6, 6.07) is 0.112. The number of hydrogen-bond acceptors (Lipinski definition) is 2. The Hall–Kier alpha value is -1.68. The standard InChI is InChI=1S/C12H7Cl2F6NO3/c13-6-1-5(2-7(14)3-6)8(9(22)23)21(4-11(15,16)17)10(24)12(18,19)20/h1-3,8H,4H2,(H,22,23). The summed E-state index contributed by atoms with van der Waals surface area (Å²) in [5.74, 6) is -5.07. The van der Waals surface area contributed by atoms with Gasteiger partial charge in [0.2, 0.25) is 0 Å². The Labute approximate surface area is 140 Å². The number of rotatable bonds is 4. The summed E-state index contributed by atoms with van der Waals surface area (Å²) in [5.41, 5.74) is -0.609. The zero-order valence-electron chi connectivity index (χ0n) is 11.3. The van der Waals surface area contributed by atoms with Gasteiger partial charge in [0.05, 0.1) is 0 Å². The van der Waals surface area contributed by atoms with Crippen molar-refractivity contribution in [2.24, 2.45) is 0 Å². The molecule has 0 aliphatic rings. The van der Waals surface area contributed by atoms with Gasteiger partial charge in [-0.3, -0.25) is 4.79 Å². The molecule has 1 N–H and O–H groups in total. The quantitative estimate of drug-likeness (QED) is 0.779. The van der Waals surface area contributed by atoms with Crippen molar-refractivity contribution >= 4 is 35.1 Å². The van der Waals surface area contributed by atoms with Crippen LogP contribution in [0.15, 0.2) is 18.2 Å². The molecular weight excluding hydrogens is 391 g/mol. The molecule has 1 rings (SSSR count). The predicted octanol–water partition coefficient (Wildman–Crippen LogP) is 4.07. The molecule has 0 aromatic heterocycles. The third kappa shape index (κ3) is 5.45. The van der Waals surface area contributed by atoms with Gasteiger partial charge in [-0.05, 0) is 23.8 Å². The Bertz CT molecular complexity index is 626. The van der Waals surface area contributed by atoms with Crippen LogP contribution in [0.5, 0.6) is 0 Å². The number of aliphatic carboxylic acids is 1. The fourth-order valence-electron chi connectivity index (χ4n) is 1.83. The first-order valence-corrected chi connectivity index (χ1v) is 6.61. The number of benzene rings is 1. The third-order valence-corrected chi connectivity index (χ3v) is 3.04. The van der Waals surface area contributed by atoms with Crippen LogP contribution in [0.25, 0.3) is 0 Å². The predicted molar refractivity (Wildman–Crippen MR) is 70.7 cm³/mol. The van der Waals surface area contributed by atoms with E-state index in [1.54, 1.807) is 0 Å². The van der Waals surface area contributed by atoms with Gasteiger partial charge in [-0.1, -0.05) is 23.2 Å². The zero-order chi connectivity index (χ0) is 18.9. The molecule has 1 atom stereocenters. The Balaban J connectivity index is 3.47. The highest BCUT2D eigenvalue weighted by molar-refractivity contribution is 6.34. The van der Waals surface area contributed by atoms with Crippen molar-refractivity contribution < 1.29 is 41.0 Å². The number of carboxylic acid groups (broad SMARTS) is 1. The molecule has 1 amide bonds. The van der Waals surface area contributed by atoms with Crippen LogP contribution < -0.4 is 0 Å². The number of hydrogen-bond donors (Lipinski definition) is 1. The van der Waals surface area contributed by atoms with Crippen LogP contribution in [0.4, 0.5) is 26.3 Å². The Morgan fingerprint density at radius 3 is 1.83 bits per heavy atom. The molecule has 0 saturated heterocycles. The van der Waals surface area contributed by atoms with E-state index in [4.69, 9.17) is 28.3 Å². The number of halogens is 8. The van der Waals surface area contributed by atoms with Crippen LogP contribution >= 0.6 is 23.2 Å². The molecule has 12 heteroatoms. The molecule has 0 spiro atoms. The van der Waals surface area contributed by atoms with Crippen molar-refractivity contribution in [1.82, 2.24) is 4.90 Å². The first kappa shape index (κ1) is 20.4. The number of carbonyl (C=O) groups is 2. The molecule has 0 saturated carbocycles. The lowest BCUT2D eigenvalue weighted by molar-refractivity contribution is -0.204. The Morgan fingerprint density at radius 2 is 1.50 bits per heavy atom. The number of carbonyl (C=O) groups excluding carboxylic acids is 1. The summed E-state index contributed by atoms with van der Waals surface area (Å²) in [6.45, 7) is -2.42. The second-order valence-electron chi connectivity index (χ2n) is 4.49. The van der Waals surface area contributed by atoms with Crippen molar-refractivity contribution in [3.63, 3.8) is 0 Å². The largest absolute Gasteiger partial charge is 0.479 e. The second-order valence-corrected chi connectivity index (χ2v) is 5.36. The molecule has 0 fully saturated rings. The summed E-state index contributed by atoms with van der Waals surface area (Å²) < 4.78 is 75.3. The normalized spacial score (nSPS) is 13.5. The van der Waals surface area contributed by atoms with Crippen LogP contribution in [-0.2, 0) is 9.59 Å². The SMILES string of the molecule is O=C(O)C(c1cc(Cl)cc(Cl)c1)N(CC(F)(F)F)C(=O)C(F)(F)F.